The normalized spacial score (nSPS) is 15.0. The van der Waals surface area contributed by atoms with Crippen molar-refractivity contribution in [3.63, 3.8) is 0 Å². The average molecular weight is 305 g/mol. The van der Waals surface area contributed by atoms with Gasteiger partial charge in [-0.05, 0) is 37.4 Å². The molecule has 0 atom stereocenters. The number of rotatable bonds is 6. The first-order valence-electron chi connectivity index (χ1n) is 7.84. The second-order valence-corrected chi connectivity index (χ2v) is 6.56. The number of aromatic nitrogens is 4. The Morgan fingerprint density at radius 2 is 2.14 bits per heavy atom. The molecule has 114 valence electrons. The van der Waals surface area contributed by atoms with Crippen molar-refractivity contribution in [2.75, 3.05) is 11.9 Å². The van der Waals surface area contributed by atoms with Crippen LogP contribution in [0.4, 0.5) is 5.82 Å². The molecule has 3 rings (SSSR count). The summed E-state index contributed by atoms with van der Waals surface area (Å²) < 4.78 is 2.73. The van der Waals surface area contributed by atoms with Gasteiger partial charge in [0.2, 0.25) is 4.77 Å². The number of aromatic amines is 1. The highest BCUT2D eigenvalue weighted by atomic mass is 32.1. The molecule has 0 radical (unpaired) electrons. The Labute approximate surface area is 130 Å². The molecule has 1 saturated carbocycles. The fraction of sp³-hybridized carbons (Fsp3) is 0.667. The summed E-state index contributed by atoms with van der Waals surface area (Å²) in [5.41, 5.74) is 1.94. The maximum absolute atomic E-state index is 5.50. The van der Waals surface area contributed by atoms with Gasteiger partial charge in [-0.1, -0.05) is 20.8 Å². The van der Waals surface area contributed by atoms with Gasteiger partial charge in [0.15, 0.2) is 11.5 Å². The topological polar surface area (TPSA) is 58.5 Å². The number of imidazole rings is 1. The van der Waals surface area contributed by atoms with E-state index in [0.29, 0.717) is 10.7 Å². The summed E-state index contributed by atoms with van der Waals surface area (Å²) in [6.45, 7) is 8.26. The van der Waals surface area contributed by atoms with Crippen LogP contribution >= 0.6 is 12.2 Å². The molecule has 0 amide bonds. The largest absolute Gasteiger partial charge is 0.368 e. The molecule has 0 aliphatic heterocycles. The lowest BCUT2D eigenvalue weighted by Crippen LogP contribution is -2.10. The fourth-order valence-corrected chi connectivity index (χ4v) is 2.67. The van der Waals surface area contributed by atoms with E-state index in [1.807, 2.05) is 0 Å². The SMILES string of the molecule is CCCNc1nc(=S)n(CC2CC2)c2nc(C(C)C)[nH]c12. The van der Waals surface area contributed by atoms with E-state index in [4.69, 9.17) is 17.2 Å². The molecule has 1 aliphatic rings. The van der Waals surface area contributed by atoms with Crippen molar-refractivity contribution in [2.24, 2.45) is 5.92 Å². The first kappa shape index (κ1) is 14.5. The van der Waals surface area contributed by atoms with Crippen LogP contribution in [0.25, 0.3) is 11.2 Å². The summed E-state index contributed by atoms with van der Waals surface area (Å²) in [5, 5.41) is 3.36. The zero-order chi connectivity index (χ0) is 15.0. The average Bonchev–Trinajstić information content (AvgIpc) is 3.15. The van der Waals surface area contributed by atoms with Crippen LogP contribution in [0.5, 0.6) is 0 Å². The van der Waals surface area contributed by atoms with Crippen LogP contribution in [0.15, 0.2) is 0 Å². The van der Waals surface area contributed by atoms with Gasteiger partial charge < -0.3 is 10.3 Å². The highest BCUT2D eigenvalue weighted by molar-refractivity contribution is 7.71. The van der Waals surface area contributed by atoms with Gasteiger partial charge in [-0.15, -0.1) is 0 Å². The zero-order valence-electron chi connectivity index (χ0n) is 12.9. The molecule has 2 aromatic rings. The quantitative estimate of drug-likeness (QED) is 0.796. The first-order valence-corrected chi connectivity index (χ1v) is 8.25. The Morgan fingerprint density at radius 3 is 2.76 bits per heavy atom. The second kappa shape index (κ2) is 5.75. The molecule has 2 aromatic heterocycles. The van der Waals surface area contributed by atoms with Gasteiger partial charge in [0.05, 0.1) is 0 Å². The predicted molar refractivity (Wildman–Crippen MR) is 88.3 cm³/mol. The summed E-state index contributed by atoms with van der Waals surface area (Å²) in [6.07, 6.45) is 3.64. The second-order valence-electron chi connectivity index (χ2n) is 6.20. The van der Waals surface area contributed by atoms with Gasteiger partial charge >= 0.3 is 0 Å². The van der Waals surface area contributed by atoms with Crippen LogP contribution in [0.3, 0.4) is 0 Å². The number of fused-ring (bicyclic) bond motifs is 1. The molecule has 5 nitrogen and oxygen atoms in total. The lowest BCUT2D eigenvalue weighted by atomic mass is 10.2. The molecule has 1 fully saturated rings. The van der Waals surface area contributed by atoms with Gasteiger partial charge in [-0.25, -0.2) is 9.97 Å². The van der Waals surface area contributed by atoms with Gasteiger partial charge in [0, 0.05) is 19.0 Å². The number of nitrogens with zero attached hydrogens (tertiary/aromatic N) is 3. The standard InChI is InChI=1S/C15H23N5S/c1-4-7-16-13-11-14(18-12(17-11)9(2)3)20(15(21)19-13)8-10-5-6-10/h9-10H,4-8H2,1-3H3,(H,17,18)(H,16,19,21). The number of hydrogen-bond donors (Lipinski definition) is 2. The first-order chi connectivity index (χ1) is 10.1. The number of H-pyrrole nitrogens is 1. The lowest BCUT2D eigenvalue weighted by Gasteiger charge is -2.10. The van der Waals surface area contributed by atoms with Crippen molar-refractivity contribution in [1.82, 2.24) is 19.5 Å². The van der Waals surface area contributed by atoms with Crippen LogP contribution in [0.1, 0.15) is 51.8 Å². The highest BCUT2D eigenvalue weighted by Gasteiger charge is 2.24. The van der Waals surface area contributed by atoms with Crippen molar-refractivity contribution >= 4 is 29.2 Å². The maximum Gasteiger partial charge on any atom is 0.203 e. The Morgan fingerprint density at radius 1 is 1.38 bits per heavy atom. The minimum Gasteiger partial charge on any atom is -0.368 e. The maximum atomic E-state index is 5.50. The highest BCUT2D eigenvalue weighted by Crippen LogP contribution is 2.32. The van der Waals surface area contributed by atoms with E-state index in [1.165, 1.54) is 12.8 Å². The molecule has 0 aromatic carbocycles. The molecular weight excluding hydrogens is 282 g/mol. The Kier molecular flexibility index (Phi) is 3.97. The van der Waals surface area contributed by atoms with Crippen molar-refractivity contribution in [1.29, 1.82) is 0 Å². The molecule has 6 heteroatoms. The van der Waals surface area contributed by atoms with Crippen molar-refractivity contribution < 1.29 is 0 Å². The Hall–Kier alpha value is -1.43. The fourth-order valence-electron chi connectivity index (χ4n) is 2.41. The Bertz CT molecular complexity index is 696. The predicted octanol–water partition coefficient (Wildman–Crippen LogP) is 3.84. The van der Waals surface area contributed by atoms with Gasteiger partial charge in [0.25, 0.3) is 0 Å². The smallest absolute Gasteiger partial charge is 0.203 e. The summed E-state index contributed by atoms with van der Waals surface area (Å²) in [7, 11) is 0. The van der Waals surface area contributed by atoms with Crippen LogP contribution in [-0.2, 0) is 6.54 Å². The van der Waals surface area contributed by atoms with Crippen LogP contribution in [0.2, 0.25) is 0 Å². The molecule has 0 spiro atoms. The van der Waals surface area contributed by atoms with Crippen molar-refractivity contribution in [3.05, 3.63) is 10.6 Å². The Balaban J connectivity index is 2.12. The van der Waals surface area contributed by atoms with Gasteiger partial charge in [-0.3, -0.25) is 4.57 Å². The van der Waals surface area contributed by atoms with Crippen LogP contribution in [0, 0.1) is 10.7 Å². The van der Waals surface area contributed by atoms with Crippen LogP contribution in [-0.4, -0.2) is 26.1 Å². The van der Waals surface area contributed by atoms with E-state index in [1.54, 1.807) is 0 Å². The molecule has 21 heavy (non-hydrogen) atoms. The van der Waals surface area contributed by atoms with Gasteiger partial charge in [-0.2, -0.15) is 0 Å². The third kappa shape index (κ3) is 2.95. The van der Waals surface area contributed by atoms with Crippen molar-refractivity contribution in [2.45, 2.75) is 52.5 Å². The van der Waals surface area contributed by atoms with E-state index in [-0.39, 0.29) is 0 Å². The summed E-state index contributed by atoms with van der Waals surface area (Å²) in [4.78, 5) is 12.8. The lowest BCUT2D eigenvalue weighted by molar-refractivity contribution is 0.621. The number of anilines is 1. The van der Waals surface area contributed by atoms with E-state index in [9.17, 15) is 0 Å². The van der Waals surface area contributed by atoms with Crippen LogP contribution < -0.4 is 5.32 Å². The zero-order valence-corrected chi connectivity index (χ0v) is 13.8. The summed E-state index contributed by atoms with van der Waals surface area (Å²) >= 11 is 5.50. The van der Waals surface area contributed by atoms with E-state index < -0.39 is 0 Å². The third-order valence-corrected chi connectivity index (χ3v) is 4.17. The van der Waals surface area contributed by atoms with Crippen molar-refractivity contribution in [3.8, 4) is 0 Å². The number of hydrogen-bond acceptors (Lipinski definition) is 4. The molecule has 1 aliphatic carbocycles. The summed E-state index contributed by atoms with van der Waals surface area (Å²) in [6, 6.07) is 0. The minimum absolute atomic E-state index is 0.361. The van der Waals surface area contributed by atoms with E-state index >= 15 is 0 Å². The van der Waals surface area contributed by atoms with E-state index in [2.05, 4.69) is 40.6 Å². The molecule has 0 bridgehead atoms. The molecule has 0 unspecified atom stereocenters. The van der Waals surface area contributed by atoms with Gasteiger partial charge in [0.1, 0.15) is 11.3 Å². The molecule has 2 N–H and O–H groups in total. The third-order valence-electron chi connectivity index (χ3n) is 3.86. The monoisotopic (exact) mass is 305 g/mol. The summed E-state index contributed by atoms with van der Waals surface area (Å²) in [5.74, 6) is 2.94. The molecule has 0 saturated heterocycles. The molecule has 2 heterocycles. The number of nitrogens with one attached hydrogen (secondary N) is 2. The molecular formula is C15H23N5S. The van der Waals surface area contributed by atoms with E-state index in [0.717, 1.165) is 48.2 Å². The minimum atomic E-state index is 0.361.